The Bertz CT molecular complexity index is 864. The van der Waals surface area contributed by atoms with Crippen LogP contribution in [0.4, 0.5) is 5.69 Å². The molecule has 1 fully saturated rings. The van der Waals surface area contributed by atoms with Crippen LogP contribution in [-0.2, 0) is 16.1 Å². The molecular formula is C25H34N4O2. The van der Waals surface area contributed by atoms with Crippen LogP contribution >= 0.6 is 0 Å². The number of rotatable bonds is 7. The zero-order chi connectivity index (χ0) is 22.2. The molecule has 6 heteroatoms. The van der Waals surface area contributed by atoms with Gasteiger partial charge >= 0.3 is 0 Å². The second-order valence-corrected chi connectivity index (χ2v) is 8.36. The first-order chi connectivity index (χ1) is 14.9. The summed E-state index contributed by atoms with van der Waals surface area (Å²) in [7, 11) is 0. The van der Waals surface area contributed by atoms with E-state index in [9.17, 15) is 9.59 Å². The summed E-state index contributed by atoms with van der Waals surface area (Å²) >= 11 is 0. The number of benzene rings is 2. The number of aryl methyl sites for hydroxylation is 2. The number of hydrogen-bond acceptors (Lipinski definition) is 4. The van der Waals surface area contributed by atoms with Crippen molar-refractivity contribution in [3.8, 4) is 0 Å². The number of hydrogen-bond donors (Lipinski definition) is 2. The lowest BCUT2D eigenvalue weighted by atomic mass is 10.1. The van der Waals surface area contributed by atoms with Crippen LogP contribution in [0.3, 0.4) is 0 Å². The molecule has 0 saturated carbocycles. The fraction of sp³-hybridized carbons (Fsp3) is 0.440. The van der Waals surface area contributed by atoms with Crippen LogP contribution < -0.4 is 10.6 Å². The van der Waals surface area contributed by atoms with Gasteiger partial charge in [-0.3, -0.25) is 19.4 Å². The first-order valence-electron chi connectivity index (χ1n) is 11.1. The van der Waals surface area contributed by atoms with Gasteiger partial charge in [-0.2, -0.15) is 0 Å². The largest absolute Gasteiger partial charge is 0.346 e. The Kier molecular flexibility index (Phi) is 8.20. The number of para-hydroxylation sites is 1. The molecule has 0 spiro atoms. The molecule has 0 aliphatic carbocycles. The van der Waals surface area contributed by atoms with Crippen LogP contribution in [0.1, 0.15) is 30.0 Å². The van der Waals surface area contributed by atoms with Gasteiger partial charge in [-0.05, 0) is 50.4 Å². The number of nitrogens with one attached hydrogen (secondary N) is 2. The maximum Gasteiger partial charge on any atom is 0.243 e. The van der Waals surface area contributed by atoms with Gasteiger partial charge in [0.2, 0.25) is 11.8 Å². The quantitative estimate of drug-likeness (QED) is 0.720. The van der Waals surface area contributed by atoms with Gasteiger partial charge < -0.3 is 10.6 Å². The van der Waals surface area contributed by atoms with Gasteiger partial charge in [-0.15, -0.1) is 0 Å². The number of carbonyl (C=O) groups is 2. The van der Waals surface area contributed by atoms with Crippen LogP contribution in [0.5, 0.6) is 0 Å². The highest BCUT2D eigenvalue weighted by molar-refractivity contribution is 5.96. The molecule has 31 heavy (non-hydrogen) atoms. The van der Waals surface area contributed by atoms with Crippen LogP contribution in [0, 0.1) is 13.8 Å². The highest BCUT2D eigenvalue weighted by Gasteiger charge is 2.24. The van der Waals surface area contributed by atoms with E-state index in [-0.39, 0.29) is 24.4 Å². The molecule has 2 N–H and O–H groups in total. The maximum atomic E-state index is 12.7. The molecular weight excluding hydrogens is 388 g/mol. The van der Waals surface area contributed by atoms with E-state index >= 15 is 0 Å². The van der Waals surface area contributed by atoms with Crippen molar-refractivity contribution in [2.24, 2.45) is 0 Å². The third-order valence-corrected chi connectivity index (χ3v) is 5.97. The van der Waals surface area contributed by atoms with Crippen LogP contribution in [0.15, 0.2) is 48.5 Å². The molecule has 166 valence electrons. The first kappa shape index (κ1) is 23.0. The first-order valence-corrected chi connectivity index (χ1v) is 11.1. The fourth-order valence-electron chi connectivity index (χ4n) is 4.05. The molecule has 2 amide bonds. The van der Waals surface area contributed by atoms with Gasteiger partial charge in [0.25, 0.3) is 0 Å². The Morgan fingerprint density at radius 2 is 1.65 bits per heavy atom. The number of anilines is 1. The van der Waals surface area contributed by atoms with E-state index in [0.29, 0.717) is 0 Å². The van der Waals surface area contributed by atoms with Crippen molar-refractivity contribution in [3.05, 3.63) is 65.2 Å². The minimum atomic E-state index is -0.260. The van der Waals surface area contributed by atoms with Crippen molar-refractivity contribution in [1.82, 2.24) is 15.1 Å². The molecule has 0 aromatic heterocycles. The summed E-state index contributed by atoms with van der Waals surface area (Å²) < 4.78 is 0. The summed E-state index contributed by atoms with van der Waals surface area (Å²) in [6.45, 7) is 10.4. The lowest BCUT2D eigenvalue weighted by Gasteiger charge is -2.27. The Balaban J connectivity index is 1.45. The highest BCUT2D eigenvalue weighted by Crippen LogP contribution is 2.19. The van der Waals surface area contributed by atoms with Crippen LogP contribution in [-0.4, -0.2) is 60.4 Å². The van der Waals surface area contributed by atoms with Crippen molar-refractivity contribution >= 4 is 17.5 Å². The summed E-state index contributed by atoms with van der Waals surface area (Å²) in [5, 5.41) is 5.72. The normalized spacial score (nSPS) is 16.4. The van der Waals surface area contributed by atoms with Gasteiger partial charge in [-0.25, -0.2) is 0 Å². The predicted molar refractivity (Wildman–Crippen MR) is 125 cm³/mol. The maximum absolute atomic E-state index is 12.7. The van der Waals surface area contributed by atoms with Crippen LogP contribution in [0.2, 0.25) is 0 Å². The van der Waals surface area contributed by atoms with E-state index in [1.807, 2.05) is 45.0 Å². The SMILES string of the molecule is Cc1cccc(C)c1NC(=O)CNC(=O)C(C)N1CCCN(Cc2ccccc2)CC1. The van der Waals surface area contributed by atoms with Crippen LogP contribution in [0.25, 0.3) is 0 Å². The minimum absolute atomic E-state index is 0.0229. The van der Waals surface area contributed by atoms with Gasteiger partial charge in [-0.1, -0.05) is 48.5 Å². The van der Waals surface area contributed by atoms with Gasteiger partial charge in [0, 0.05) is 31.9 Å². The Hall–Kier alpha value is -2.70. The summed E-state index contributed by atoms with van der Waals surface area (Å²) in [5.41, 5.74) is 4.16. The monoisotopic (exact) mass is 422 g/mol. The summed E-state index contributed by atoms with van der Waals surface area (Å²) in [6, 6.07) is 16.1. The summed E-state index contributed by atoms with van der Waals surface area (Å²) in [6.07, 6.45) is 1.03. The zero-order valence-electron chi connectivity index (χ0n) is 18.9. The third kappa shape index (κ3) is 6.64. The number of amides is 2. The molecule has 3 rings (SSSR count). The highest BCUT2D eigenvalue weighted by atomic mass is 16.2. The molecule has 2 aromatic carbocycles. The predicted octanol–water partition coefficient (Wildman–Crippen LogP) is 2.95. The third-order valence-electron chi connectivity index (χ3n) is 5.97. The lowest BCUT2D eigenvalue weighted by molar-refractivity contribution is -0.128. The molecule has 1 aliphatic heterocycles. The average molecular weight is 423 g/mol. The van der Waals surface area contributed by atoms with Crippen molar-refractivity contribution in [2.45, 2.75) is 39.8 Å². The van der Waals surface area contributed by atoms with Crippen molar-refractivity contribution < 1.29 is 9.59 Å². The molecule has 0 bridgehead atoms. The second-order valence-electron chi connectivity index (χ2n) is 8.36. The lowest BCUT2D eigenvalue weighted by Crippen LogP contribution is -2.48. The number of nitrogens with zero attached hydrogens (tertiary/aromatic N) is 2. The standard InChI is InChI=1S/C25H34N4O2/c1-19-9-7-10-20(2)24(19)27-23(30)17-26-25(31)21(3)29-14-8-13-28(15-16-29)18-22-11-5-4-6-12-22/h4-7,9-12,21H,8,13-18H2,1-3H3,(H,26,31)(H,27,30). The second kappa shape index (κ2) is 11.1. The molecule has 6 nitrogen and oxygen atoms in total. The molecule has 1 heterocycles. The van der Waals surface area contributed by atoms with Gasteiger partial charge in [0.05, 0.1) is 12.6 Å². The van der Waals surface area contributed by atoms with Crippen molar-refractivity contribution in [2.75, 3.05) is 38.0 Å². The molecule has 1 unspecified atom stereocenters. The molecule has 1 saturated heterocycles. The van der Waals surface area contributed by atoms with Crippen molar-refractivity contribution in [3.63, 3.8) is 0 Å². The minimum Gasteiger partial charge on any atom is -0.346 e. The summed E-state index contributed by atoms with van der Waals surface area (Å²) in [5.74, 6) is -0.309. The zero-order valence-corrected chi connectivity index (χ0v) is 18.9. The average Bonchev–Trinajstić information content (AvgIpc) is 3.00. The van der Waals surface area contributed by atoms with Gasteiger partial charge in [0.15, 0.2) is 0 Å². The summed E-state index contributed by atoms with van der Waals surface area (Å²) in [4.78, 5) is 29.7. The molecule has 0 radical (unpaired) electrons. The van der Waals surface area contributed by atoms with E-state index in [1.165, 1.54) is 5.56 Å². The van der Waals surface area contributed by atoms with E-state index in [2.05, 4.69) is 44.7 Å². The number of carbonyl (C=O) groups excluding carboxylic acids is 2. The smallest absolute Gasteiger partial charge is 0.243 e. The molecule has 1 atom stereocenters. The molecule has 2 aromatic rings. The van der Waals surface area contributed by atoms with E-state index in [1.54, 1.807) is 0 Å². The topological polar surface area (TPSA) is 64.7 Å². The van der Waals surface area contributed by atoms with E-state index < -0.39 is 0 Å². The Labute approximate surface area is 185 Å². The van der Waals surface area contributed by atoms with Gasteiger partial charge in [0.1, 0.15) is 0 Å². The van der Waals surface area contributed by atoms with E-state index in [0.717, 1.165) is 56.0 Å². The van der Waals surface area contributed by atoms with E-state index in [4.69, 9.17) is 0 Å². The molecule has 1 aliphatic rings. The van der Waals surface area contributed by atoms with Crippen molar-refractivity contribution in [1.29, 1.82) is 0 Å². The Morgan fingerprint density at radius 1 is 0.935 bits per heavy atom. The Morgan fingerprint density at radius 3 is 2.35 bits per heavy atom. The fourth-order valence-corrected chi connectivity index (χ4v) is 4.05.